The highest BCUT2D eigenvalue weighted by molar-refractivity contribution is 5.96. The lowest BCUT2D eigenvalue weighted by Gasteiger charge is -2.36. The number of para-hydroxylation sites is 1. The molecule has 5 rings (SSSR count). The molecule has 1 atom stereocenters. The van der Waals surface area contributed by atoms with Crippen LogP contribution in [0.3, 0.4) is 0 Å². The van der Waals surface area contributed by atoms with E-state index in [0.717, 1.165) is 41.3 Å². The van der Waals surface area contributed by atoms with Crippen LogP contribution in [0.25, 0.3) is 11.0 Å². The molecule has 1 aromatic heterocycles. The number of hydrogen-bond acceptors (Lipinski definition) is 5. The Kier molecular flexibility index (Phi) is 8.72. The number of likely N-dealkylation sites (tertiary alicyclic amines) is 1. The summed E-state index contributed by atoms with van der Waals surface area (Å²) in [6.45, 7) is 3.05. The highest BCUT2D eigenvalue weighted by Crippen LogP contribution is 2.35. The van der Waals surface area contributed by atoms with Crippen LogP contribution >= 0.6 is 0 Å². The first-order valence-corrected chi connectivity index (χ1v) is 14.4. The quantitative estimate of drug-likeness (QED) is 0.150. The number of aromatic nitrogens is 2. The first kappa shape index (κ1) is 30.1. The Morgan fingerprint density at radius 3 is 2.44 bits per heavy atom. The molecular formula is C32H36F3N7O. The first-order chi connectivity index (χ1) is 20.5. The molecule has 0 spiro atoms. The van der Waals surface area contributed by atoms with Crippen LogP contribution in [-0.4, -0.2) is 51.4 Å². The number of carbonyl (C=O) groups is 1. The van der Waals surface area contributed by atoms with Crippen molar-refractivity contribution >= 4 is 34.2 Å². The molecule has 3 aromatic carbocycles. The van der Waals surface area contributed by atoms with Gasteiger partial charge in [0.1, 0.15) is 11.7 Å². The number of hydrogen-bond donors (Lipinski definition) is 4. The minimum atomic E-state index is -4.42. The van der Waals surface area contributed by atoms with Gasteiger partial charge in [-0.15, -0.1) is 0 Å². The number of amidine groups is 1. The third-order valence-electron chi connectivity index (χ3n) is 8.19. The fourth-order valence-corrected chi connectivity index (χ4v) is 5.58. The van der Waals surface area contributed by atoms with Crippen molar-refractivity contribution in [2.24, 2.45) is 12.8 Å². The lowest BCUT2D eigenvalue weighted by Crippen LogP contribution is -2.48. The van der Waals surface area contributed by atoms with Crippen molar-refractivity contribution < 1.29 is 18.0 Å². The zero-order valence-electron chi connectivity index (χ0n) is 24.2. The van der Waals surface area contributed by atoms with Crippen molar-refractivity contribution in [3.63, 3.8) is 0 Å². The van der Waals surface area contributed by atoms with E-state index in [1.807, 2.05) is 56.4 Å². The van der Waals surface area contributed by atoms with E-state index in [0.29, 0.717) is 37.2 Å². The van der Waals surface area contributed by atoms with Crippen LogP contribution in [0.5, 0.6) is 0 Å². The summed E-state index contributed by atoms with van der Waals surface area (Å²) in [6.07, 6.45) is -1.63. The van der Waals surface area contributed by atoms with Crippen LogP contribution in [0.15, 0.2) is 66.7 Å². The van der Waals surface area contributed by atoms with Crippen LogP contribution in [0.1, 0.15) is 42.3 Å². The number of anilines is 2. The number of imidazole rings is 1. The fraction of sp³-hybridized carbons (Fsp3) is 0.344. The molecule has 5 N–H and O–H groups in total. The average Bonchev–Trinajstić information content (AvgIpc) is 3.30. The summed E-state index contributed by atoms with van der Waals surface area (Å²) in [6, 6.07) is 18.4. The molecular weight excluding hydrogens is 555 g/mol. The normalized spacial score (nSPS) is 15.4. The van der Waals surface area contributed by atoms with E-state index in [1.165, 1.54) is 12.1 Å². The van der Waals surface area contributed by atoms with Gasteiger partial charge in [-0.05, 0) is 62.1 Å². The van der Waals surface area contributed by atoms with Crippen molar-refractivity contribution in [1.29, 1.82) is 5.41 Å². The SMILES string of the molecule is CC(C(=O)Nc1ccc2c(c1)nc(CCc1ccc(C(=N)N)cc1)n2C)N1CCC(Nc2ccccc2C(F)(F)F)CC1. The fourth-order valence-electron chi connectivity index (χ4n) is 5.58. The predicted molar refractivity (Wildman–Crippen MR) is 163 cm³/mol. The molecule has 4 aromatic rings. The van der Waals surface area contributed by atoms with Gasteiger partial charge >= 0.3 is 6.18 Å². The van der Waals surface area contributed by atoms with E-state index >= 15 is 0 Å². The average molecular weight is 592 g/mol. The molecule has 0 aliphatic carbocycles. The number of rotatable bonds is 9. The summed E-state index contributed by atoms with van der Waals surface area (Å²) >= 11 is 0. The lowest BCUT2D eigenvalue weighted by molar-refractivity contribution is -0.137. The Balaban J connectivity index is 1.16. The topological polar surface area (TPSA) is 112 Å². The maximum Gasteiger partial charge on any atom is 0.418 e. The van der Waals surface area contributed by atoms with E-state index in [-0.39, 0.29) is 23.5 Å². The Morgan fingerprint density at radius 1 is 1.07 bits per heavy atom. The Hall–Kier alpha value is -4.38. The first-order valence-electron chi connectivity index (χ1n) is 14.4. The second-order valence-electron chi connectivity index (χ2n) is 11.1. The van der Waals surface area contributed by atoms with Crippen LogP contribution in [0.4, 0.5) is 24.5 Å². The van der Waals surface area contributed by atoms with Gasteiger partial charge in [-0.1, -0.05) is 36.4 Å². The summed E-state index contributed by atoms with van der Waals surface area (Å²) < 4.78 is 42.2. The van der Waals surface area contributed by atoms with E-state index in [4.69, 9.17) is 16.1 Å². The minimum absolute atomic E-state index is 0.0471. The van der Waals surface area contributed by atoms with Gasteiger partial charge in [0.25, 0.3) is 0 Å². The Morgan fingerprint density at radius 2 is 1.77 bits per heavy atom. The molecule has 0 bridgehead atoms. The van der Waals surface area contributed by atoms with Crippen LogP contribution < -0.4 is 16.4 Å². The molecule has 1 aliphatic heterocycles. The number of nitrogens with two attached hydrogens (primary N) is 1. The van der Waals surface area contributed by atoms with Crippen LogP contribution in [0.2, 0.25) is 0 Å². The summed E-state index contributed by atoms with van der Waals surface area (Å²) in [5.41, 5.74) is 9.22. The number of nitrogens with one attached hydrogen (secondary N) is 3. The number of nitrogen functional groups attached to an aromatic ring is 1. The Labute approximate surface area is 248 Å². The third-order valence-corrected chi connectivity index (χ3v) is 8.19. The lowest BCUT2D eigenvalue weighted by atomic mass is 10.0. The van der Waals surface area contributed by atoms with Crippen LogP contribution in [0, 0.1) is 5.41 Å². The number of nitrogens with zero attached hydrogens (tertiary/aromatic N) is 3. The van der Waals surface area contributed by atoms with E-state index < -0.39 is 17.8 Å². The highest BCUT2D eigenvalue weighted by atomic mass is 19.4. The van der Waals surface area contributed by atoms with Gasteiger partial charge in [-0.25, -0.2) is 4.98 Å². The molecule has 11 heteroatoms. The highest BCUT2D eigenvalue weighted by Gasteiger charge is 2.34. The number of benzene rings is 3. The summed E-state index contributed by atoms with van der Waals surface area (Å²) in [5, 5.41) is 13.6. The van der Waals surface area contributed by atoms with Gasteiger partial charge in [0.2, 0.25) is 5.91 Å². The van der Waals surface area contributed by atoms with Crippen molar-refractivity contribution in [3.8, 4) is 0 Å². The number of piperidine rings is 1. The number of halogens is 3. The van der Waals surface area contributed by atoms with Crippen molar-refractivity contribution in [2.45, 2.75) is 50.9 Å². The molecule has 1 fully saturated rings. The molecule has 1 saturated heterocycles. The maximum atomic E-state index is 13.4. The van der Waals surface area contributed by atoms with Gasteiger partial charge in [0, 0.05) is 49.5 Å². The number of amides is 1. The number of fused-ring (bicyclic) bond motifs is 1. The predicted octanol–water partition coefficient (Wildman–Crippen LogP) is 5.56. The van der Waals surface area contributed by atoms with E-state index in [2.05, 4.69) is 20.1 Å². The van der Waals surface area contributed by atoms with Gasteiger partial charge in [0.05, 0.1) is 22.6 Å². The monoisotopic (exact) mass is 591 g/mol. The summed E-state index contributed by atoms with van der Waals surface area (Å²) in [5.74, 6) is 0.834. The number of aryl methyl sites for hydroxylation is 3. The largest absolute Gasteiger partial charge is 0.418 e. The van der Waals surface area contributed by atoms with Crippen molar-refractivity contribution in [3.05, 3.63) is 89.2 Å². The molecule has 1 aliphatic rings. The molecule has 1 amide bonds. The Bertz CT molecular complexity index is 1610. The van der Waals surface area contributed by atoms with Gasteiger partial charge in [-0.3, -0.25) is 15.1 Å². The third kappa shape index (κ3) is 6.99. The maximum absolute atomic E-state index is 13.4. The number of alkyl halides is 3. The van der Waals surface area contributed by atoms with Gasteiger partial charge in [0.15, 0.2) is 0 Å². The minimum Gasteiger partial charge on any atom is -0.384 e. The summed E-state index contributed by atoms with van der Waals surface area (Å²) in [4.78, 5) is 20.0. The van der Waals surface area contributed by atoms with Gasteiger partial charge < -0.3 is 20.9 Å². The second kappa shape index (κ2) is 12.5. The van der Waals surface area contributed by atoms with Gasteiger partial charge in [-0.2, -0.15) is 13.2 Å². The molecule has 226 valence electrons. The van der Waals surface area contributed by atoms with E-state index in [9.17, 15) is 18.0 Å². The molecule has 1 unspecified atom stereocenters. The van der Waals surface area contributed by atoms with Crippen molar-refractivity contribution in [1.82, 2.24) is 14.5 Å². The van der Waals surface area contributed by atoms with E-state index in [1.54, 1.807) is 6.07 Å². The second-order valence-corrected chi connectivity index (χ2v) is 11.1. The molecule has 0 saturated carbocycles. The standard InChI is InChI=1S/C32H36F3N7O/c1-20(42-17-15-23(16-18-42)38-26-6-4-3-5-25(26)32(33,34)35)31(43)39-24-12-13-28-27(19-24)40-29(41(28)2)14-9-21-7-10-22(11-8-21)30(36)37/h3-8,10-13,19-20,23,38H,9,14-18H2,1-2H3,(H3,36,37)(H,39,43). The summed E-state index contributed by atoms with van der Waals surface area (Å²) in [7, 11) is 1.98. The van der Waals surface area contributed by atoms with Crippen LogP contribution in [-0.2, 0) is 30.9 Å². The zero-order chi connectivity index (χ0) is 30.7. The molecule has 2 heterocycles. The van der Waals surface area contributed by atoms with Crippen molar-refractivity contribution in [2.75, 3.05) is 23.7 Å². The zero-order valence-corrected chi connectivity index (χ0v) is 24.2. The molecule has 8 nitrogen and oxygen atoms in total. The molecule has 0 radical (unpaired) electrons. The smallest absolute Gasteiger partial charge is 0.384 e. The molecule has 43 heavy (non-hydrogen) atoms. The number of carbonyl (C=O) groups excluding carboxylic acids is 1.